The molecule has 2 aliphatic rings. The van der Waals surface area contributed by atoms with E-state index in [2.05, 4.69) is 13.8 Å². The van der Waals surface area contributed by atoms with Gasteiger partial charge < -0.3 is 15.1 Å². The van der Waals surface area contributed by atoms with E-state index >= 15 is 0 Å². The maximum absolute atomic E-state index is 11.5. The molecule has 4 heteroatoms. The van der Waals surface area contributed by atoms with Gasteiger partial charge in [-0.15, -0.1) is 0 Å². The molecule has 0 aromatic heterocycles. The SMILES string of the molecule is CN1CCC(O)(C2(C(=O)O)CC(C)(C)C2)C1. The quantitative estimate of drug-likeness (QED) is 0.737. The minimum Gasteiger partial charge on any atom is -0.481 e. The Morgan fingerprint density at radius 2 is 1.88 bits per heavy atom. The summed E-state index contributed by atoms with van der Waals surface area (Å²) in [6.07, 6.45) is 1.74. The smallest absolute Gasteiger partial charge is 0.312 e. The highest BCUT2D eigenvalue weighted by molar-refractivity contribution is 5.78. The van der Waals surface area contributed by atoms with E-state index in [0.29, 0.717) is 25.8 Å². The normalized spacial score (nSPS) is 37.0. The van der Waals surface area contributed by atoms with Crippen molar-refractivity contribution in [3.05, 3.63) is 0 Å². The number of likely N-dealkylation sites (N-methyl/N-ethyl adjacent to an activating group) is 1. The van der Waals surface area contributed by atoms with Crippen LogP contribution in [0.15, 0.2) is 0 Å². The van der Waals surface area contributed by atoms with Crippen molar-refractivity contribution in [1.82, 2.24) is 4.90 Å². The Morgan fingerprint density at radius 1 is 1.31 bits per heavy atom. The number of aliphatic hydroxyl groups is 1. The summed E-state index contributed by atoms with van der Waals surface area (Å²) in [6.45, 7) is 5.40. The number of carboxylic acid groups (broad SMARTS) is 1. The van der Waals surface area contributed by atoms with Gasteiger partial charge in [-0.05, 0) is 31.7 Å². The molecule has 4 nitrogen and oxygen atoms in total. The second-order valence-corrected chi connectivity index (χ2v) is 6.42. The van der Waals surface area contributed by atoms with E-state index in [-0.39, 0.29) is 5.41 Å². The first-order valence-electron chi connectivity index (χ1n) is 5.85. The Balaban J connectivity index is 2.26. The summed E-state index contributed by atoms with van der Waals surface area (Å²) in [5.41, 5.74) is -1.90. The van der Waals surface area contributed by atoms with Crippen molar-refractivity contribution < 1.29 is 15.0 Å². The monoisotopic (exact) mass is 227 g/mol. The van der Waals surface area contributed by atoms with Crippen molar-refractivity contribution in [2.45, 2.75) is 38.7 Å². The average molecular weight is 227 g/mol. The van der Waals surface area contributed by atoms with Crippen molar-refractivity contribution in [1.29, 1.82) is 0 Å². The van der Waals surface area contributed by atoms with E-state index in [1.807, 2.05) is 11.9 Å². The number of hydrogen-bond donors (Lipinski definition) is 2. The van der Waals surface area contributed by atoms with E-state index < -0.39 is 17.0 Å². The number of rotatable bonds is 2. The number of nitrogens with zero attached hydrogens (tertiary/aromatic N) is 1. The highest BCUT2D eigenvalue weighted by Gasteiger charge is 2.66. The highest BCUT2D eigenvalue weighted by atomic mass is 16.4. The molecule has 1 unspecified atom stereocenters. The van der Waals surface area contributed by atoms with E-state index in [9.17, 15) is 15.0 Å². The second kappa shape index (κ2) is 3.20. The molecule has 1 aliphatic carbocycles. The number of β-amino-alcohol motifs (C(OH)–C–C–N with tert-alkyl or cyclic N) is 1. The van der Waals surface area contributed by atoms with Gasteiger partial charge >= 0.3 is 5.97 Å². The zero-order valence-corrected chi connectivity index (χ0v) is 10.3. The molecule has 0 radical (unpaired) electrons. The minimum atomic E-state index is -1.04. The summed E-state index contributed by atoms with van der Waals surface area (Å²) >= 11 is 0. The van der Waals surface area contributed by atoms with E-state index in [4.69, 9.17) is 0 Å². The predicted octanol–water partition coefficient (Wildman–Crippen LogP) is 0.944. The molecule has 2 N–H and O–H groups in total. The molecule has 16 heavy (non-hydrogen) atoms. The van der Waals surface area contributed by atoms with Crippen LogP contribution in [0.3, 0.4) is 0 Å². The van der Waals surface area contributed by atoms with Crippen LogP contribution in [0.2, 0.25) is 0 Å². The molecule has 1 saturated carbocycles. The first kappa shape index (κ1) is 11.9. The molecule has 1 aliphatic heterocycles. The lowest BCUT2D eigenvalue weighted by atomic mass is 9.48. The van der Waals surface area contributed by atoms with Gasteiger partial charge in [-0.25, -0.2) is 0 Å². The van der Waals surface area contributed by atoms with Crippen LogP contribution in [0.25, 0.3) is 0 Å². The van der Waals surface area contributed by atoms with Crippen molar-refractivity contribution >= 4 is 5.97 Å². The fraction of sp³-hybridized carbons (Fsp3) is 0.917. The summed E-state index contributed by atoms with van der Waals surface area (Å²) in [6, 6.07) is 0. The van der Waals surface area contributed by atoms with Crippen LogP contribution < -0.4 is 0 Å². The van der Waals surface area contributed by atoms with Crippen molar-refractivity contribution in [2.24, 2.45) is 10.8 Å². The minimum absolute atomic E-state index is 0.0509. The standard InChI is InChI=1S/C12H21NO3/c1-10(2)6-11(7-10,9(14)15)12(16)4-5-13(3)8-12/h16H,4-8H2,1-3H3,(H,14,15). The third-order valence-corrected chi connectivity index (χ3v) is 4.30. The van der Waals surface area contributed by atoms with Crippen LogP contribution in [0.5, 0.6) is 0 Å². The van der Waals surface area contributed by atoms with Crippen LogP contribution in [-0.4, -0.2) is 46.8 Å². The fourth-order valence-electron chi connectivity index (χ4n) is 3.63. The maximum atomic E-state index is 11.5. The Hall–Kier alpha value is -0.610. The van der Waals surface area contributed by atoms with Crippen LogP contribution in [0, 0.1) is 10.8 Å². The first-order valence-corrected chi connectivity index (χ1v) is 5.85. The number of carbonyl (C=O) groups is 1. The van der Waals surface area contributed by atoms with E-state index in [1.165, 1.54) is 0 Å². The van der Waals surface area contributed by atoms with E-state index in [0.717, 1.165) is 6.54 Å². The number of carboxylic acids is 1. The summed E-state index contributed by atoms with van der Waals surface area (Å²) in [4.78, 5) is 13.5. The summed E-state index contributed by atoms with van der Waals surface area (Å²) in [5, 5.41) is 20.1. The zero-order chi connectivity index (χ0) is 12.2. The van der Waals surface area contributed by atoms with Gasteiger partial charge in [-0.1, -0.05) is 13.8 Å². The van der Waals surface area contributed by atoms with Gasteiger partial charge in [-0.2, -0.15) is 0 Å². The highest BCUT2D eigenvalue weighted by Crippen LogP contribution is 2.61. The van der Waals surface area contributed by atoms with Crippen molar-refractivity contribution in [3.8, 4) is 0 Å². The fourth-order valence-corrected chi connectivity index (χ4v) is 3.63. The third-order valence-electron chi connectivity index (χ3n) is 4.30. The Kier molecular flexibility index (Phi) is 2.37. The molecule has 0 aromatic carbocycles. The summed E-state index contributed by atoms with van der Waals surface area (Å²) in [7, 11) is 1.93. The largest absolute Gasteiger partial charge is 0.481 e. The zero-order valence-electron chi connectivity index (χ0n) is 10.3. The topological polar surface area (TPSA) is 60.8 Å². The van der Waals surface area contributed by atoms with Crippen molar-refractivity contribution in [3.63, 3.8) is 0 Å². The average Bonchev–Trinajstić information content (AvgIpc) is 2.42. The van der Waals surface area contributed by atoms with Crippen LogP contribution >= 0.6 is 0 Å². The molecule has 0 aromatic rings. The first-order chi connectivity index (χ1) is 7.21. The van der Waals surface area contributed by atoms with Crippen LogP contribution in [0.4, 0.5) is 0 Å². The maximum Gasteiger partial charge on any atom is 0.312 e. The summed E-state index contributed by atoms with van der Waals surface area (Å²) in [5.74, 6) is -0.829. The van der Waals surface area contributed by atoms with Crippen LogP contribution in [-0.2, 0) is 4.79 Å². The lowest BCUT2D eigenvalue weighted by molar-refractivity contribution is -0.202. The molecular formula is C12H21NO3. The molecular weight excluding hydrogens is 206 g/mol. The summed E-state index contributed by atoms with van der Waals surface area (Å²) < 4.78 is 0. The van der Waals surface area contributed by atoms with Gasteiger partial charge in [0.15, 0.2) is 0 Å². The molecule has 0 spiro atoms. The van der Waals surface area contributed by atoms with Gasteiger partial charge in [0, 0.05) is 13.1 Å². The molecule has 2 fully saturated rings. The molecule has 1 saturated heterocycles. The Labute approximate surface area is 96.3 Å². The van der Waals surface area contributed by atoms with Gasteiger partial charge in [0.25, 0.3) is 0 Å². The molecule has 2 rings (SSSR count). The van der Waals surface area contributed by atoms with Gasteiger partial charge in [-0.3, -0.25) is 4.79 Å². The number of hydrogen-bond acceptors (Lipinski definition) is 3. The number of aliphatic carboxylic acids is 1. The lowest BCUT2D eigenvalue weighted by Crippen LogP contribution is -2.63. The van der Waals surface area contributed by atoms with E-state index in [1.54, 1.807) is 0 Å². The van der Waals surface area contributed by atoms with Gasteiger partial charge in [0.2, 0.25) is 0 Å². The molecule has 92 valence electrons. The lowest BCUT2D eigenvalue weighted by Gasteiger charge is -2.56. The van der Waals surface area contributed by atoms with Gasteiger partial charge in [0.1, 0.15) is 0 Å². The third kappa shape index (κ3) is 1.47. The molecule has 1 heterocycles. The molecule has 0 bridgehead atoms. The molecule has 0 amide bonds. The number of likely N-dealkylation sites (tertiary alicyclic amines) is 1. The van der Waals surface area contributed by atoms with Crippen molar-refractivity contribution in [2.75, 3.05) is 20.1 Å². The Morgan fingerprint density at radius 3 is 2.19 bits per heavy atom. The Bertz CT molecular complexity index is 318. The van der Waals surface area contributed by atoms with Crippen LogP contribution in [0.1, 0.15) is 33.1 Å². The second-order valence-electron chi connectivity index (χ2n) is 6.42. The molecule has 1 atom stereocenters. The predicted molar refractivity (Wildman–Crippen MR) is 60.1 cm³/mol. The van der Waals surface area contributed by atoms with Gasteiger partial charge in [0.05, 0.1) is 11.0 Å².